The summed E-state index contributed by atoms with van der Waals surface area (Å²) in [5, 5.41) is 12.0. The molecule has 5 aromatic rings. The molecule has 0 spiro atoms. The highest BCUT2D eigenvalue weighted by Crippen LogP contribution is 2.29. The summed E-state index contributed by atoms with van der Waals surface area (Å²) in [5.74, 6) is 1.50. The van der Waals surface area contributed by atoms with E-state index in [2.05, 4.69) is 20.5 Å². The van der Waals surface area contributed by atoms with Crippen LogP contribution in [0.3, 0.4) is 0 Å². The second-order valence-corrected chi connectivity index (χ2v) is 8.20. The number of hydrogen-bond acceptors (Lipinski definition) is 6. The standard InChI is InChI=1S/C25H19N5O2S/c1-17-23(33-25(26-17)18-7-3-2-4-8-18)24(31)27-19-9-11-20(12-10-19)32-22-14-13-21(28-29-22)30-15-5-6-16-30/h2-16H,1H3,(H,27,31). The van der Waals surface area contributed by atoms with Crippen LogP contribution in [0.25, 0.3) is 16.4 Å². The minimum atomic E-state index is -0.188. The summed E-state index contributed by atoms with van der Waals surface area (Å²) in [6.07, 6.45) is 3.79. The van der Waals surface area contributed by atoms with Gasteiger partial charge in [-0.1, -0.05) is 30.3 Å². The van der Waals surface area contributed by atoms with Crippen LogP contribution < -0.4 is 10.1 Å². The minimum absolute atomic E-state index is 0.188. The molecule has 0 radical (unpaired) electrons. The van der Waals surface area contributed by atoms with Gasteiger partial charge < -0.3 is 14.6 Å². The third-order valence-electron chi connectivity index (χ3n) is 4.85. The molecule has 0 saturated carbocycles. The number of amides is 1. The molecule has 7 nitrogen and oxygen atoms in total. The molecule has 0 saturated heterocycles. The molecule has 5 rings (SSSR count). The Balaban J connectivity index is 1.24. The zero-order valence-electron chi connectivity index (χ0n) is 17.7. The van der Waals surface area contributed by atoms with Gasteiger partial charge in [0.15, 0.2) is 5.82 Å². The van der Waals surface area contributed by atoms with Crippen molar-refractivity contribution in [1.29, 1.82) is 0 Å². The van der Waals surface area contributed by atoms with Crippen LogP contribution in [0.15, 0.2) is 91.3 Å². The van der Waals surface area contributed by atoms with Crippen LogP contribution in [0.2, 0.25) is 0 Å². The van der Waals surface area contributed by atoms with E-state index in [1.807, 2.05) is 72.4 Å². The fourth-order valence-electron chi connectivity index (χ4n) is 3.22. The van der Waals surface area contributed by atoms with Gasteiger partial charge in [-0.2, -0.15) is 0 Å². The number of carbonyl (C=O) groups is 1. The number of nitrogens with one attached hydrogen (secondary N) is 1. The highest BCUT2D eigenvalue weighted by Gasteiger charge is 2.16. The third-order valence-corrected chi connectivity index (χ3v) is 6.06. The topological polar surface area (TPSA) is 81.9 Å². The molecule has 0 aliphatic rings. The molecule has 0 fully saturated rings. The largest absolute Gasteiger partial charge is 0.438 e. The maximum Gasteiger partial charge on any atom is 0.267 e. The highest BCUT2D eigenvalue weighted by atomic mass is 32.1. The van der Waals surface area contributed by atoms with Crippen LogP contribution in [-0.2, 0) is 0 Å². The predicted octanol–water partition coefficient (Wildman–Crippen LogP) is 5.74. The molecule has 1 amide bonds. The summed E-state index contributed by atoms with van der Waals surface area (Å²) < 4.78 is 7.63. The number of aromatic nitrogens is 4. The first kappa shape index (κ1) is 20.6. The number of rotatable bonds is 6. The van der Waals surface area contributed by atoms with Crippen LogP contribution >= 0.6 is 11.3 Å². The van der Waals surface area contributed by atoms with E-state index in [1.165, 1.54) is 11.3 Å². The first-order valence-electron chi connectivity index (χ1n) is 10.2. The average molecular weight is 454 g/mol. The van der Waals surface area contributed by atoms with Gasteiger partial charge in [-0.05, 0) is 49.4 Å². The van der Waals surface area contributed by atoms with Crippen molar-refractivity contribution in [2.24, 2.45) is 0 Å². The smallest absolute Gasteiger partial charge is 0.267 e. The number of benzene rings is 2. The molecule has 0 unspecified atom stereocenters. The lowest BCUT2D eigenvalue weighted by molar-refractivity contribution is 0.103. The molecular weight excluding hydrogens is 434 g/mol. The number of carbonyl (C=O) groups excluding carboxylic acids is 1. The summed E-state index contributed by atoms with van der Waals surface area (Å²) in [6.45, 7) is 1.84. The summed E-state index contributed by atoms with van der Waals surface area (Å²) in [5.41, 5.74) is 2.37. The zero-order chi connectivity index (χ0) is 22.6. The van der Waals surface area contributed by atoms with E-state index in [9.17, 15) is 4.79 Å². The monoisotopic (exact) mass is 453 g/mol. The lowest BCUT2D eigenvalue weighted by Crippen LogP contribution is -2.11. The number of nitrogens with zero attached hydrogens (tertiary/aromatic N) is 4. The quantitative estimate of drug-likeness (QED) is 0.354. The van der Waals surface area contributed by atoms with E-state index < -0.39 is 0 Å². The van der Waals surface area contributed by atoms with Crippen molar-refractivity contribution in [3.8, 4) is 28.0 Å². The Hall–Kier alpha value is -4.30. The van der Waals surface area contributed by atoms with Gasteiger partial charge in [-0.25, -0.2) is 4.98 Å². The molecule has 0 atom stereocenters. The average Bonchev–Trinajstić information content (AvgIpc) is 3.52. The van der Waals surface area contributed by atoms with E-state index in [0.717, 1.165) is 10.6 Å². The predicted molar refractivity (Wildman–Crippen MR) is 128 cm³/mol. The van der Waals surface area contributed by atoms with Gasteiger partial charge in [0.2, 0.25) is 5.88 Å². The summed E-state index contributed by atoms with van der Waals surface area (Å²) >= 11 is 1.38. The molecule has 0 aliphatic heterocycles. The van der Waals surface area contributed by atoms with Gasteiger partial charge in [0, 0.05) is 29.7 Å². The Morgan fingerprint density at radius 1 is 0.909 bits per heavy atom. The Morgan fingerprint density at radius 2 is 1.67 bits per heavy atom. The first-order valence-corrected chi connectivity index (χ1v) is 11.1. The molecule has 3 aromatic heterocycles. The molecule has 8 heteroatoms. The van der Waals surface area contributed by atoms with Crippen molar-refractivity contribution in [1.82, 2.24) is 19.7 Å². The number of ether oxygens (including phenoxy) is 1. The third kappa shape index (κ3) is 4.65. The van der Waals surface area contributed by atoms with Crippen LogP contribution in [0.1, 0.15) is 15.4 Å². The van der Waals surface area contributed by atoms with Crippen molar-refractivity contribution in [3.05, 3.63) is 102 Å². The second kappa shape index (κ2) is 9.05. The van der Waals surface area contributed by atoms with E-state index >= 15 is 0 Å². The maximum atomic E-state index is 12.8. The number of thiazole rings is 1. The fourth-order valence-corrected chi connectivity index (χ4v) is 4.19. The summed E-state index contributed by atoms with van der Waals surface area (Å²) in [7, 11) is 0. The van der Waals surface area contributed by atoms with Gasteiger partial charge in [-0.15, -0.1) is 21.5 Å². The van der Waals surface area contributed by atoms with Crippen molar-refractivity contribution in [2.45, 2.75) is 6.92 Å². The highest BCUT2D eigenvalue weighted by molar-refractivity contribution is 7.17. The molecule has 3 heterocycles. The number of aryl methyl sites for hydroxylation is 1. The summed E-state index contributed by atoms with van der Waals surface area (Å²) in [6, 6.07) is 24.4. The number of anilines is 1. The second-order valence-electron chi connectivity index (χ2n) is 7.20. The van der Waals surface area contributed by atoms with Crippen LogP contribution in [-0.4, -0.2) is 25.7 Å². The fraction of sp³-hybridized carbons (Fsp3) is 0.0400. The molecule has 33 heavy (non-hydrogen) atoms. The zero-order valence-corrected chi connectivity index (χ0v) is 18.5. The van der Waals surface area contributed by atoms with Crippen molar-refractivity contribution >= 4 is 22.9 Å². The molecule has 162 valence electrons. The molecular formula is C25H19N5O2S. The van der Waals surface area contributed by atoms with Crippen molar-refractivity contribution < 1.29 is 9.53 Å². The van der Waals surface area contributed by atoms with E-state index in [1.54, 1.807) is 30.3 Å². The Labute approximate surface area is 194 Å². The van der Waals surface area contributed by atoms with E-state index in [4.69, 9.17) is 4.74 Å². The number of hydrogen-bond donors (Lipinski definition) is 1. The van der Waals surface area contributed by atoms with Crippen LogP contribution in [0.5, 0.6) is 11.6 Å². The summed E-state index contributed by atoms with van der Waals surface area (Å²) in [4.78, 5) is 17.9. The van der Waals surface area contributed by atoms with Gasteiger partial charge in [-0.3, -0.25) is 4.79 Å². The Morgan fingerprint density at radius 3 is 2.36 bits per heavy atom. The van der Waals surface area contributed by atoms with E-state index in [-0.39, 0.29) is 5.91 Å². The van der Waals surface area contributed by atoms with Gasteiger partial charge in [0.25, 0.3) is 5.91 Å². The van der Waals surface area contributed by atoms with Gasteiger partial charge in [0.05, 0.1) is 5.69 Å². The van der Waals surface area contributed by atoms with Gasteiger partial charge >= 0.3 is 0 Å². The first-order chi connectivity index (χ1) is 16.2. The molecule has 0 bridgehead atoms. The van der Waals surface area contributed by atoms with Crippen molar-refractivity contribution in [3.63, 3.8) is 0 Å². The normalized spacial score (nSPS) is 10.7. The van der Waals surface area contributed by atoms with Gasteiger partial charge in [0.1, 0.15) is 15.6 Å². The van der Waals surface area contributed by atoms with Crippen LogP contribution in [0, 0.1) is 6.92 Å². The molecule has 0 aliphatic carbocycles. The minimum Gasteiger partial charge on any atom is -0.438 e. The Kier molecular flexibility index (Phi) is 5.65. The lowest BCUT2D eigenvalue weighted by Gasteiger charge is -2.07. The lowest BCUT2D eigenvalue weighted by atomic mass is 10.2. The van der Waals surface area contributed by atoms with Crippen LogP contribution in [0.4, 0.5) is 5.69 Å². The maximum absolute atomic E-state index is 12.8. The molecule has 1 N–H and O–H groups in total. The SMILES string of the molecule is Cc1nc(-c2ccccc2)sc1C(=O)Nc1ccc(Oc2ccc(-n3cccc3)nn2)cc1. The Bertz CT molecular complexity index is 1360. The van der Waals surface area contributed by atoms with E-state index in [0.29, 0.717) is 33.7 Å². The van der Waals surface area contributed by atoms with Crippen molar-refractivity contribution in [2.75, 3.05) is 5.32 Å². The molecule has 2 aromatic carbocycles.